The predicted molar refractivity (Wildman–Crippen MR) is 72.1 cm³/mol. The molecular formula is C11H18N4OS. The van der Waals surface area contributed by atoms with Crippen LogP contribution < -0.4 is 10.6 Å². The highest BCUT2D eigenvalue weighted by molar-refractivity contribution is 7.80. The summed E-state index contributed by atoms with van der Waals surface area (Å²) in [5.41, 5.74) is 5.26. The second-order valence-electron chi connectivity index (χ2n) is 4.43. The fraction of sp³-hybridized carbons (Fsp3) is 0.545. The van der Waals surface area contributed by atoms with Crippen LogP contribution in [0.25, 0.3) is 0 Å². The maximum atomic E-state index is 9.81. The average molecular weight is 254 g/mol. The van der Waals surface area contributed by atoms with Crippen molar-refractivity contribution < 1.29 is 5.11 Å². The van der Waals surface area contributed by atoms with Gasteiger partial charge in [0.2, 0.25) is 5.95 Å². The lowest BCUT2D eigenvalue weighted by Gasteiger charge is -2.28. The van der Waals surface area contributed by atoms with Gasteiger partial charge in [-0.2, -0.15) is 0 Å². The van der Waals surface area contributed by atoms with Crippen molar-refractivity contribution in [2.45, 2.75) is 26.4 Å². The Bertz CT molecular complexity index is 403. The monoisotopic (exact) mass is 254 g/mol. The summed E-state index contributed by atoms with van der Waals surface area (Å²) in [6.07, 6.45) is 1.61. The first-order valence-corrected chi connectivity index (χ1v) is 5.84. The molecule has 0 spiro atoms. The summed E-state index contributed by atoms with van der Waals surface area (Å²) in [6, 6.07) is 1.67. The van der Waals surface area contributed by atoms with Gasteiger partial charge in [-0.1, -0.05) is 12.2 Å². The van der Waals surface area contributed by atoms with Crippen LogP contribution in [0.1, 0.15) is 26.5 Å². The topological polar surface area (TPSA) is 75.3 Å². The van der Waals surface area contributed by atoms with Crippen LogP contribution in [-0.2, 0) is 0 Å². The molecule has 3 N–H and O–H groups in total. The van der Waals surface area contributed by atoms with Gasteiger partial charge in [0.25, 0.3) is 0 Å². The largest absolute Gasteiger partial charge is 0.389 e. The summed E-state index contributed by atoms with van der Waals surface area (Å²) in [5, 5.41) is 9.81. The van der Waals surface area contributed by atoms with Crippen molar-refractivity contribution in [3.8, 4) is 0 Å². The standard InChI is InChI=1S/C11H18N4OS/c1-4-15(7-11(2,3)16)10-13-6-5-8(14-10)9(12)17/h5-6,16H,4,7H2,1-3H3,(H2,12,17). The van der Waals surface area contributed by atoms with E-state index in [-0.39, 0.29) is 4.99 Å². The van der Waals surface area contributed by atoms with Crippen molar-refractivity contribution in [2.24, 2.45) is 5.73 Å². The Hall–Kier alpha value is -1.27. The van der Waals surface area contributed by atoms with E-state index in [0.717, 1.165) is 0 Å². The van der Waals surface area contributed by atoms with Crippen molar-refractivity contribution in [1.82, 2.24) is 9.97 Å². The molecule has 1 aromatic heterocycles. The van der Waals surface area contributed by atoms with Crippen molar-refractivity contribution in [1.29, 1.82) is 0 Å². The van der Waals surface area contributed by atoms with E-state index in [0.29, 0.717) is 24.7 Å². The molecule has 0 saturated heterocycles. The van der Waals surface area contributed by atoms with Crippen LogP contribution >= 0.6 is 12.2 Å². The smallest absolute Gasteiger partial charge is 0.226 e. The first-order chi connectivity index (χ1) is 7.83. The van der Waals surface area contributed by atoms with Crippen molar-refractivity contribution in [3.63, 3.8) is 0 Å². The minimum Gasteiger partial charge on any atom is -0.389 e. The molecule has 1 heterocycles. The lowest BCUT2D eigenvalue weighted by molar-refractivity contribution is 0.0872. The van der Waals surface area contributed by atoms with E-state index in [1.807, 2.05) is 11.8 Å². The predicted octanol–water partition coefficient (Wildman–Crippen LogP) is 0.708. The van der Waals surface area contributed by atoms with Gasteiger partial charge in [-0.05, 0) is 26.8 Å². The van der Waals surface area contributed by atoms with Gasteiger partial charge >= 0.3 is 0 Å². The Kier molecular flexibility index (Phi) is 4.36. The maximum Gasteiger partial charge on any atom is 0.226 e. The Morgan fingerprint density at radius 1 is 1.59 bits per heavy atom. The molecule has 1 aromatic rings. The van der Waals surface area contributed by atoms with Crippen LogP contribution in [0.15, 0.2) is 12.3 Å². The number of nitrogens with two attached hydrogens (primary N) is 1. The molecule has 94 valence electrons. The van der Waals surface area contributed by atoms with Crippen LogP contribution in [-0.4, -0.2) is 38.8 Å². The fourth-order valence-corrected chi connectivity index (χ4v) is 1.54. The van der Waals surface area contributed by atoms with E-state index >= 15 is 0 Å². The number of hydrogen-bond donors (Lipinski definition) is 2. The van der Waals surface area contributed by atoms with Crippen molar-refractivity contribution >= 4 is 23.2 Å². The van der Waals surface area contributed by atoms with Crippen LogP contribution in [0.3, 0.4) is 0 Å². The third-order valence-electron chi connectivity index (χ3n) is 2.14. The zero-order valence-electron chi connectivity index (χ0n) is 10.3. The van der Waals surface area contributed by atoms with Crippen LogP contribution in [0.2, 0.25) is 0 Å². The van der Waals surface area contributed by atoms with Gasteiger partial charge in [0, 0.05) is 19.3 Å². The summed E-state index contributed by atoms with van der Waals surface area (Å²) in [4.78, 5) is 10.6. The fourth-order valence-electron chi connectivity index (χ4n) is 1.43. The lowest BCUT2D eigenvalue weighted by Crippen LogP contribution is -2.39. The molecule has 1 rings (SSSR count). The average Bonchev–Trinajstić information content (AvgIpc) is 2.25. The highest BCUT2D eigenvalue weighted by atomic mass is 32.1. The molecule has 0 saturated carbocycles. The number of aromatic nitrogens is 2. The molecule has 0 radical (unpaired) electrons. The zero-order valence-corrected chi connectivity index (χ0v) is 11.2. The number of hydrogen-bond acceptors (Lipinski definition) is 5. The van der Waals surface area contributed by atoms with Gasteiger partial charge in [0.1, 0.15) is 10.7 Å². The normalized spacial score (nSPS) is 11.3. The second-order valence-corrected chi connectivity index (χ2v) is 4.87. The number of anilines is 1. The highest BCUT2D eigenvalue weighted by Gasteiger charge is 2.19. The molecule has 0 bridgehead atoms. The molecule has 0 aromatic carbocycles. The SMILES string of the molecule is CCN(CC(C)(C)O)c1nccc(C(N)=S)n1. The highest BCUT2D eigenvalue weighted by Crippen LogP contribution is 2.12. The van der Waals surface area contributed by atoms with E-state index in [1.54, 1.807) is 26.1 Å². The number of aliphatic hydroxyl groups is 1. The number of nitrogens with zero attached hydrogens (tertiary/aromatic N) is 3. The molecule has 0 unspecified atom stereocenters. The third-order valence-corrected chi connectivity index (χ3v) is 2.35. The molecular weight excluding hydrogens is 236 g/mol. The summed E-state index contributed by atoms with van der Waals surface area (Å²) in [6.45, 7) is 6.61. The summed E-state index contributed by atoms with van der Waals surface area (Å²) in [5.74, 6) is 0.528. The minimum atomic E-state index is -0.807. The Balaban J connectivity index is 2.96. The molecule has 0 amide bonds. The molecule has 0 atom stereocenters. The molecule has 6 heteroatoms. The van der Waals surface area contributed by atoms with E-state index in [1.165, 1.54) is 0 Å². The number of rotatable bonds is 5. The van der Waals surface area contributed by atoms with E-state index < -0.39 is 5.60 Å². The van der Waals surface area contributed by atoms with Gasteiger partial charge in [-0.3, -0.25) is 0 Å². The lowest BCUT2D eigenvalue weighted by atomic mass is 10.1. The van der Waals surface area contributed by atoms with E-state index in [4.69, 9.17) is 18.0 Å². The molecule has 0 fully saturated rings. The number of likely N-dealkylation sites (N-methyl/N-ethyl adjacent to an activating group) is 1. The summed E-state index contributed by atoms with van der Waals surface area (Å²) in [7, 11) is 0. The van der Waals surface area contributed by atoms with Crippen molar-refractivity contribution in [3.05, 3.63) is 18.0 Å². The van der Waals surface area contributed by atoms with E-state index in [2.05, 4.69) is 9.97 Å². The Morgan fingerprint density at radius 2 is 2.24 bits per heavy atom. The number of thiocarbonyl (C=S) groups is 1. The quantitative estimate of drug-likeness (QED) is 0.754. The van der Waals surface area contributed by atoms with Crippen molar-refractivity contribution in [2.75, 3.05) is 18.0 Å². The molecule has 0 aliphatic rings. The second kappa shape index (κ2) is 5.37. The molecule has 5 nitrogen and oxygen atoms in total. The zero-order chi connectivity index (χ0) is 13.1. The first kappa shape index (κ1) is 13.8. The van der Waals surface area contributed by atoms with E-state index in [9.17, 15) is 5.11 Å². The Labute approximate surface area is 107 Å². The first-order valence-electron chi connectivity index (χ1n) is 5.43. The summed E-state index contributed by atoms with van der Waals surface area (Å²) >= 11 is 4.87. The maximum absolute atomic E-state index is 9.81. The van der Waals surface area contributed by atoms with Crippen LogP contribution in [0.5, 0.6) is 0 Å². The Morgan fingerprint density at radius 3 is 2.71 bits per heavy atom. The molecule has 0 aliphatic carbocycles. The summed E-state index contributed by atoms with van der Waals surface area (Å²) < 4.78 is 0. The van der Waals surface area contributed by atoms with Gasteiger partial charge < -0.3 is 15.7 Å². The van der Waals surface area contributed by atoms with Crippen LogP contribution in [0.4, 0.5) is 5.95 Å². The van der Waals surface area contributed by atoms with Gasteiger partial charge in [-0.15, -0.1) is 0 Å². The van der Waals surface area contributed by atoms with Crippen LogP contribution in [0, 0.1) is 0 Å². The third kappa shape index (κ3) is 4.24. The molecule has 17 heavy (non-hydrogen) atoms. The molecule has 0 aliphatic heterocycles. The van der Waals surface area contributed by atoms with Gasteiger partial charge in [0.05, 0.1) is 5.60 Å². The van der Waals surface area contributed by atoms with Gasteiger partial charge in [-0.25, -0.2) is 9.97 Å². The van der Waals surface area contributed by atoms with Gasteiger partial charge in [0.15, 0.2) is 0 Å². The minimum absolute atomic E-state index is 0.243.